The summed E-state index contributed by atoms with van der Waals surface area (Å²) >= 11 is 1.16. The highest BCUT2D eigenvalue weighted by Crippen LogP contribution is 2.28. The Labute approximate surface area is 121 Å². The predicted molar refractivity (Wildman–Crippen MR) is 79.3 cm³/mol. The lowest BCUT2D eigenvalue weighted by molar-refractivity contribution is 0.275. The lowest BCUT2D eigenvalue weighted by atomic mass is 9.78. The van der Waals surface area contributed by atoms with Crippen LogP contribution in [-0.2, 0) is 11.3 Å². The minimum atomic E-state index is -0.887. The number of aryl methyl sites for hydroxylation is 1. The molecular weight excluding hydrogens is 277 g/mol. The van der Waals surface area contributed by atoms with E-state index in [9.17, 15) is 5.02 Å². The van der Waals surface area contributed by atoms with Crippen LogP contribution >= 0.6 is 11.3 Å². The fourth-order valence-electron chi connectivity index (χ4n) is 1.90. The zero-order valence-corrected chi connectivity index (χ0v) is 12.4. The van der Waals surface area contributed by atoms with E-state index in [4.69, 9.17) is 15.1 Å². The van der Waals surface area contributed by atoms with Crippen molar-refractivity contribution in [2.24, 2.45) is 0 Å². The van der Waals surface area contributed by atoms with E-state index in [1.54, 1.807) is 6.07 Å². The Morgan fingerprint density at radius 2 is 2.15 bits per heavy atom. The van der Waals surface area contributed by atoms with Gasteiger partial charge in [0.15, 0.2) is 0 Å². The molecule has 3 N–H and O–H groups in total. The largest absolute Gasteiger partial charge is 0.491 e. The molecule has 0 atom stereocenters. The molecule has 8 heteroatoms. The maximum Gasteiger partial charge on any atom is 0.491 e. The van der Waals surface area contributed by atoms with E-state index in [1.165, 1.54) is 0 Å². The number of nitrogens with two attached hydrogens (primary N) is 1. The van der Waals surface area contributed by atoms with Crippen molar-refractivity contribution >= 4 is 29.0 Å². The number of hydrogen-bond donors (Lipinski definition) is 2. The molecule has 2 aromatic rings. The zero-order valence-electron chi connectivity index (χ0n) is 11.6. The van der Waals surface area contributed by atoms with Gasteiger partial charge in [-0.3, -0.25) is 0 Å². The smallest absolute Gasteiger partial charge is 0.430 e. The maximum atomic E-state index is 9.68. The summed E-state index contributed by atoms with van der Waals surface area (Å²) in [6.07, 6.45) is 0. The van der Waals surface area contributed by atoms with Crippen LogP contribution in [0, 0.1) is 6.92 Å². The van der Waals surface area contributed by atoms with Gasteiger partial charge in [-0.25, -0.2) is 0 Å². The van der Waals surface area contributed by atoms with Crippen molar-refractivity contribution in [3.8, 4) is 10.9 Å². The molecule has 1 aliphatic heterocycles. The second kappa shape index (κ2) is 6.21. The highest BCUT2D eigenvalue weighted by Gasteiger charge is 2.29. The third-order valence-corrected chi connectivity index (χ3v) is 3.39. The second-order valence-electron chi connectivity index (χ2n) is 3.98. The number of aromatic nitrogens is 2. The number of hydrogen-bond acceptors (Lipinski definition) is 7. The molecule has 0 bridgehead atoms. The summed E-state index contributed by atoms with van der Waals surface area (Å²) in [5.41, 5.74) is 8.23. The van der Waals surface area contributed by atoms with Gasteiger partial charge in [-0.05, 0) is 47.0 Å². The van der Waals surface area contributed by atoms with Crippen LogP contribution in [0.4, 0.5) is 5.13 Å². The van der Waals surface area contributed by atoms with E-state index in [1.807, 2.05) is 26.8 Å². The number of nitrogens with zero attached hydrogens (tertiary/aromatic N) is 2. The average molecular weight is 293 g/mol. The van der Waals surface area contributed by atoms with Crippen LogP contribution in [0.3, 0.4) is 0 Å². The third-order valence-electron chi connectivity index (χ3n) is 2.76. The Balaban J connectivity index is 0.000000704. The molecule has 2 heterocycles. The van der Waals surface area contributed by atoms with Crippen LogP contribution in [0.5, 0.6) is 10.9 Å². The van der Waals surface area contributed by atoms with Crippen molar-refractivity contribution in [3.63, 3.8) is 0 Å². The van der Waals surface area contributed by atoms with Gasteiger partial charge in [0.2, 0.25) is 5.13 Å². The van der Waals surface area contributed by atoms with Crippen molar-refractivity contribution in [2.45, 2.75) is 27.4 Å². The van der Waals surface area contributed by atoms with Crippen LogP contribution < -0.4 is 15.9 Å². The van der Waals surface area contributed by atoms with E-state index in [0.717, 1.165) is 27.9 Å². The number of rotatable bonds is 2. The first kappa shape index (κ1) is 14.8. The number of ether oxygens (including phenoxy) is 1. The molecule has 1 aromatic carbocycles. The second-order valence-corrected chi connectivity index (χ2v) is 4.95. The fraction of sp³-hybridized carbons (Fsp3) is 0.333. The highest BCUT2D eigenvalue weighted by molar-refractivity contribution is 7.16. The molecule has 0 aliphatic carbocycles. The van der Waals surface area contributed by atoms with Gasteiger partial charge in [0.25, 0.3) is 0 Å². The van der Waals surface area contributed by atoms with Gasteiger partial charge in [0.1, 0.15) is 5.75 Å². The first-order chi connectivity index (χ1) is 9.63. The van der Waals surface area contributed by atoms with E-state index < -0.39 is 7.12 Å². The van der Waals surface area contributed by atoms with Crippen molar-refractivity contribution in [2.75, 3.05) is 5.73 Å². The number of nitrogen functional groups attached to an aromatic ring is 1. The molecule has 106 valence electrons. The molecule has 0 saturated heterocycles. The van der Waals surface area contributed by atoms with Gasteiger partial charge in [-0.1, -0.05) is 18.9 Å². The Kier molecular flexibility index (Phi) is 4.59. The van der Waals surface area contributed by atoms with E-state index in [2.05, 4.69) is 10.2 Å². The Morgan fingerprint density at radius 1 is 1.40 bits per heavy atom. The number of benzene rings is 1. The normalized spacial score (nSPS) is 12.7. The van der Waals surface area contributed by atoms with E-state index in [0.29, 0.717) is 22.7 Å². The molecule has 0 saturated carbocycles. The highest BCUT2D eigenvalue weighted by atomic mass is 32.1. The van der Waals surface area contributed by atoms with Crippen LogP contribution in [0.25, 0.3) is 0 Å². The molecule has 1 aliphatic rings. The lowest BCUT2D eigenvalue weighted by Gasteiger charge is -2.07. The van der Waals surface area contributed by atoms with E-state index >= 15 is 0 Å². The molecule has 0 spiro atoms. The average Bonchev–Trinajstić information content (AvgIpc) is 3.00. The van der Waals surface area contributed by atoms with Gasteiger partial charge < -0.3 is 20.1 Å². The predicted octanol–water partition coefficient (Wildman–Crippen LogP) is 1.46. The molecule has 6 nitrogen and oxygen atoms in total. The quantitative estimate of drug-likeness (QED) is 0.815. The summed E-state index contributed by atoms with van der Waals surface area (Å²) in [6, 6.07) is 3.62. The Bertz CT molecular complexity index is 606. The Morgan fingerprint density at radius 3 is 2.80 bits per heavy atom. The molecule has 0 radical (unpaired) electrons. The summed E-state index contributed by atoms with van der Waals surface area (Å²) < 4.78 is 10.7. The standard InChI is InChI=1S/C10H10BN3O3S.C2H6/c1-5-2-6(17-10-14-13-9(12)18-10)3-8-7(5)4-16-11(8)15;1-2/h2-3,15H,4H2,1H3,(H2,12,13);1-2H3. The van der Waals surface area contributed by atoms with Crippen LogP contribution in [-0.4, -0.2) is 22.3 Å². The number of fused-ring (bicyclic) bond motifs is 1. The summed E-state index contributed by atoms with van der Waals surface area (Å²) in [5.74, 6) is 0.590. The molecule has 1 aromatic heterocycles. The first-order valence-corrected chi connectivity index (χ1v) is 7.15. The fourth-order valence-corrected chi connectivity index (χ4v) is 2.38. The lowest BCUT2D eigenvalue weighted by Crippen LogP contribution is -2.28. The molecular formula is C12H16BN3O3S. The van der Waals surface area contributed by atoms with Gasteiger partial charge in [0.05, 0.1) is 6.61 Å². The monoisotopic (exact) mass is 293 g/mol. The maximum absolute atomic E-state index is 9.68. The van der Waals surface area contributed by atoms with Crippen molar-refractivity contribution in [3.05, 3.63) is 23.3 Å². The van der Waals surface area contributed by atoms with E-state index in [-0.39, 0.29) is 0 Å². The van der Waals surface area contributed by atoms with Crippen LogP contribution in [0.15, 0.2) is 12.1 Å². The van der Waals surface area contributed by atoms with Gasteiger partial charge >= 0.3 is 12.3 Å². The Hall–Kier alpha value is -1.64. The minimum absolute atomic E-state index is 0.353. The van der Waals surface area contributed by atoms with Gasteiger partial charge in [-0.2, -0.15) is 0 Å². The van der Waals surface area contributed by atoms with Crippen molar-refractivity contribution in [1.82, 2.24) is 10.2 Å². The molecule has 0 amide bonds. The molecule has 0 unspecified atom stereocenters. The number of anilines is 1. The summed E-state index contributed by atoms with van der Waals surface area (Å²) in [7, 11) is -0.887. The van der Waals surface area contributed by atoms with Gasteiger partial charge in [0, 0.05) is 0 Å². The SMILES string of the molecule is CC.Cc1cc(Oc2nnc(N)s2)cc2c1COB2O. The molecule has 3 rings (SSSR count). The van der Waals surface area contributed by atoms with Crippen LogP contribution in [0.1, 0.15) is 25.0 Å². The summed E-state index contributed by atoms with van der Waals surface area (Å²) in [6.45, 7) is 6.37. The van der Waals surface area contributed by atoms with Crippen molar-refractivity contribution in [1.29, 1.82) is 0 Å². The molecule has 0 fully saturated rings. The first-order valence-electron chi connectivity index (χ1n) is 6.33. The topological polar surface area (TPSA) is 90.5 Å². The van der Waals surface area contributed by atoms with Crippen LogP contribution in [0.2, 0.25) is 0 Å². The van der Waals surface area contributed by atoms with Gasteiger partial charge in [-0.15, -0.1) is 5.10 Å². The summed E-state index contributed by atoms with van der Waals surface area (Å²) in [4.78, 5) is 0. The molecule has 20 heavy (non-hydrogen) atoms. The minimum Gasteiger partial charge on any atom is -0.430 e. The third kappa shape index (κ3) is 2.92. The van der Waals surface area contributed by atoms with Crippen molar-refractivity contribution < 1.29 is 14.4 Å². The summed E-state index contributed by atoms with van der Waals surface area (Å²) in [5, 5.41) is 17.9. The zero-order chi connectivity index (χ0) is 14.7.